The van der Waals surface area contributed by atoms with Gasteiger partial charge in [0.2, 0.25) is 0 Å². The van der Waals surface area contributed by atoms with E-state index in [0.717, 1.165) is 33.4 Å². The van der Waals surface area contributed by atoms with Crippen molar-refractivity contribution in [1.82, 2.24) is 19.5 Å². The molecule has 0 saturated carbocycles. The molecule has 0 bridgehead atoms. The van der Waals surface area contributed by atoms with Crippen molar-refractivity contribution < 1.29 is 5.11 Å². The van der Waals surface area contributed by atoms with E-state index >= 15 is 0 Å². The van der Waals surface area contributed by atoms with Gasteiger partial charge in [-0.3, -0.25) is 4.98 Å². The summed E-state index contributed by atoms with van der Waals surface area (Å²) in [5, 5.41) is 10.4. The van der Waals surface area contributed by atoms with Gasteiger partial charge in [0.25, 0.3) is 0 Å². The van der Waals surface area contributed by atoms with Gasteiger partial charge in [-0.1, -0.05) is 45.0 Å². The number of hydrogen-bond acceptors (Lipinski definition) is 4. The molecular weight excluding hydrogens is 408 g/mol. The predicted molar refractivity (Wildman–Crippen MR) is 133 cm³/mol. The van der Waals surface area contributed by atoms with E-state index in [1.807, 2.05) is 48.1 Å². The van der Waals surface area contributed by atoms with Crippen molar-refractivity contribution in [3.63, 3.8) is 0 Å². The summed E-state index contributed by atoms with van der Waals surface area (Å²) in [6.45, 7) is 6.66. The van der Waals surface area contributed by atoms with Gasteiger partial charge >= 0.3 is 0 Å². The number of benzene rings is 2. The maximum absolute atomic E-state index is 10.4. The maximum Gasteiger partial charge on any atom is 0.163 e. The van der Waals surface area contributed by atoms with Crippen molar-refractivity contribution in [3.8, 4) is 39.7 Å². The second-order valence-electron chi connectivity index (χ2n) is 9.30. The number of imidazole rings is 1. The van der Waals surface area contributed by atoms with Gasteiger partial charge in [0, 0.05) is 30.6 Å². The summed E-state index contributed by atoms with van der Waals surface area (Å²) in [4.78, 5) is 13.9. The normalized spacial score (nSPS) is 11.8. The average Bonchev–Trinajstić information content (AvgIpc) is 3.15. The third-order valence-corrected chi connectivity index (χ3v) is 5.98. The topological polar surface area (TPSA) is 63.8 Å². The molecule has 1 N–H and O–H groups in total. The lowest BCUT2D eigenvalue weighted by atomic mass is 9.83. The van der Waals surface area contributed by atoms with Gasteiger partial charge in [-0.25, -0.2) is 9.97 Å². The minimum atomic E-state index is -0.0253. The number of para-hydroxylation sites is 1. The number of fused-ring (bicyclic) bond motifs is 1. The molecule has 0 saturated heterocycles. The van der Waals surface area contributed by atoms with Gasteiger partial charge in [-0.05, 0) is 59.0 Å². The van der Waals surface area contributed by atoms with Crippen LogP contribution in [0.15, 0.2) is 79.1 Å². The molecule has 5 heteroatoms. The Labute approximate surface area is 193 Å². The number of pyridine rings is 2. The maximum atomic E-state index is 10.4. The number of rotatable bonds is 3. The quantitative estimate of drug-likeness (QED) is 0.358. The summed E-state index contributed by atoms with van der Waals surface area (Å²) in [6, 6.07) is 22.2. The first-order chi connectivity index (χ1) is 15.8. The molecule has 3 aromatic heterocycles. The van der Waals surface area contributed by atoms with Gasteiger partial charge in [0.1, 0.15) is 11.4 Å². The molecule has 3 heterocycles. The zero-order valence-electron chi connectivity index (χ0n) is 19.2. The zero-order valence-corrected chi connectivity index (χ0v) is 19.2. The molecule has 0 aliphatic carbocycles. The Morgan fingerprint density at radius 2 is 1.61 bits per heavy atom. The summed E-state index contributed by atoms with van der Waals surface area (Å²) in [6.07, 6.45) is 3.49. The number of aromatic hydroxyl groups is 1. The minimum absolute atomic E-state index is 0.0253. The van der Waals surface area contributed by atoms with E-state index in [2.05, 4.69) is 55.0 Å². The highest BCUT2D eigenvalue weighted by Gasteiger charge is 2.20. The van der Waals surface area contributed by atoms with Crippen LogP contribution in [0.3, 0.4) is 0 Å². The van der Waals surface area contributed by atoms with E-state index in [0.29, 0.717) is 11.5 Å². The fourth-order valence-corrected chi connectivity index (χ4v) is 4.13. The molecule has 0 amide bonds. The Balaban J connectivity index is 1.76. The third kappa shape index (κ3) is 3.76. The molecule has 0 aliphatic heterocycles. The van der Waals surface area contributed by atoms with Crippen LogP contribution in [0.4, 0.5) is 0 Å². The lowest BCUT2D eigenvalue weighted by Crippen LogP contribution is -2.11. The molecule has 5 aromatic rings. The van der Waals surface area contributed by atoms with Crippen molar-refractivity contribution in [2.75, 3.05) is 0 Å². The highest BCUT2D eigenvalue weighted by Crippen LogP contribution is 2.37. The average molecular weight is 435 g/mol. The molecular formula is C28H26N4O. The molecule has 0 aliphatic rings. The smallest absolute Gasteiger partial charge is 0.163 e. The highest BCUT2D eigenvalue weighted by molar-refractivity contribution is 5.95. The van der Waals surface area contributed by atoms with E-state index in [4.69, 9.17) is 4.98 Å². The summed E-state index contributed by atoms with van der Waals surface area (Å²) in [7, 11) is 1.95. The van der Waals surface area contributed by atoms with Crippen LogP contribution < -0.4 is 0 Å². The lowest BCUT2D eigenvalue weighted by molar-refractivity contribution is 0.474. The van der Waals surface area contributed by atoms with E-state index in [1.54, 1.807) is 18.3 Å². The highest BCUT2D eigenvalue weighted by atomic mass is 16.3. The largest absolute Gasteiger partial charge is 0.506 e. The zero-order chi connectivity index (χ0) is 23.2. The molecule has 164 valence electrons. The van der Waals surface area contributed by atoms with E-state index in [9.17, 15) is 5.11 Å². The molecule has 5 nitrogen and oxygen atoms in total. The van der Waals surface area contributed by atoms with Crippen LogP contribution in [0, 0.1) is 0 Å². The van der Waals surface area contributed by atoms with Crippen LogP contribution in [-0.2, 0) is 12.5 Å². The number of nitrogens with zero attached hydrogens (tertiary/aromatic N) is 4. The summed E-state index contributed by atoms with van der Waals surface area (Å²) in [5.41, 5.74) is 7.67. The Bertz CT molecular complexity index is 1460. The van der Waals surface area contributed by atoms with Gasteiger partial charge in [-0.2, -0.15) is 0 Å². The third-order valence-electron chi connectivity index (χ3n) is 5.98. The first kappa shape index (κ1) is 20.9. The Morgan fingerprint density at radius 3 is 2.33 bits per heavy atom. The standard InChI is InChI=1S/C28H26N4O/c1-28(2,3)20-16-18(15-19(17-20)22-10-5-6-13-29-22)21-9-7-11-23-25(21)31-27(32(23)4)26-24(33)12-8-14-30-26/h5-17,33H,1-4H3. The molecule has 0 unspecified atom stereocenters. The fourth-order valence-electron chi connectivity index (χ4n) is 4.13. The van der Waals surface area contributed by atoms with Crippen molar-refractivity contribution in [2.45, 2.75) is 26.2 Å². The monoisotopic (exact) mass is 434 g/mol. The van der Waals surface area contributed by atoms with Crippen molar-refractivity contribution in [3.05, 3.63) is 84.7 Å². The first-order valence-electron chi connectivity index (χ1n) is 11.0. The van der Waals surface area contributed by atoms with Crippen LogP contribution >= 0.6 is 0 Å². The SMILES string of the molecule is Cn1c(-c2ncccc2O)nc2c(-c3cc(-c4ccccn4)cc(C(C)(C)C)c3)cccc21. The van der Waals surface area contributed by atoms with E-state index < -0.39 is 0 Å². The van der Waals surface area contributed by atoms with Crippen LogP contribution in [0.25, 0.3) is 44.9 Å². The summed E-state index contributed by atoms with van der Waals surface area (Å²) in [5.74, 6) is 0.747. The van der Waals surface area contributed by atoms with Crippen molar-refractivity contribution >= 4 is 11.0 Å². The number of aromatic nitrogens is 4. The molecule has 0 spiro atoms. The molecule has 0 radical (unpaired) electrons. The molecule has 33 heavy (non-hydrogen) atoms. The van der Waals surface area contributed by atoms with Crippen molar-refractivity contribution in [2.24, 2.45) is 7.05 Å². The van der Waals surface area contributed by atoms with Crippen LogP contribution in [-0.4, -0.2) is 24.6 Å². The number of hydrogen-bond donors (Lipinski definition) is 1. The lowest BCUT2D eigenvalue weighted by Gasteiger charge is -2.21. The van der Waals surface area contributed by atoms with Crippen molar-refractivity contribution in [1.29, 1.82) is 0 Å². The van der Waals surface area contributed by atoms with E-state index in [1.165, 1.54) is 5.56 Å². The molecule has 0 atom stereocenters. The first-order valence-corrected chi connectivity index (χ1v) is 11.0. The molecule has 0 fully saturated rings. The van der Waals surface area contributed by atoms with Crippen LogP contribution in [0.1, 0.15) is 26.3 Å². The summed E-state index contributed by atoms with van der Waals surface area (Å²) >= 11 is 0. The molecule has 2 aromatic carbocycles. The fraction of sp³-hybridized carbons (Fsp3) is 0.179. The number of aryl methyl sites for hydroxylation is 1. The van der Waals surface area contributed by atoms with Crippen LogP contribution in [0.2, 0.25) is 0 Å². The Morgan fingerprint density at radius 1 is 0.818 bits per heavy atom. The van der Waals surface area contributed by atoms with Crippen LogP contribution in [0.5, 0.6) is 5.75 Å². The van der Waals surface area contributed by atoms with E-state index in [-0.39, 0.29) is 11.2 Å². The second-order valence-corrected chi connectivity index (χ2v) is 9.30. The molecule has 5 rings (SSSR count). The second kappa shape index (κ2) is 7.85. The predicted octanol–water partition coefficient (Wildman–Crippen LogP) is 6.37. The Hall–Kier alpha value is -3.99. The Kier molecular flexibility index (Phi) is 4.97. The summed E-state index contributed by atoms with van der Waals surface area (Å²) < 4.78 is 1.98. The van der Waals surface area contributed by atoms with Gasteiger partial charge in [-0.15, -0.1) is 0 Å². The van der Waals surface area contributed by atoms with Gasteiger partial charge < -0.3 is 9.67 Å². The minimum Gasteiger partial charge on any atom is -0.506 e. The van der Waals surface area contributed by atoms with Gasteiger partial charge in [0.05, 0.1) is 16.7 Å². The van der Waals surface area contributed by atoms with Gasteiger partial charge in [0.15, 0.2) is 5.82 Å².